The Hall–Kier alpha value is -3.92. The molecule has 195 valence electrons. The zero-order chi connectivity index (χ0) is 27.3. The predicted molar refractivity (Wildman–Crippen MR) is 169 cm³/mol. The molecule has 0 aliphatic heterocycles. The molecule has 6 aromatic carbocycles. The molecule has 0 fully saturated rings. The van der Waals surface area contributed by atoms with E-state index in [-0.39, 0.29) is 13.1 Å². The summed E-state index contributed by atoms with van der Waals surface area (Å²) in [5, 5.41) is 9.25. The number of halogens is 2. The molecule has 0 spiro atoms. The van der Waals surface area contributed by atoms with E-state index in [0.29, 0.717) is 0 Å². The van der Waals surface area contributed by atoms with Crippen LogP contribution in [0.5, 0.6) is 0 Å². The second-order valence-electron chi connectivity index (χ2n) is 9.20. The number of benzene rings is 6. The summed E-state index contributed by atoms with van der Waals surface area (Å²) in [7, 11) is 9.53. The fraction of sp³-hybridized carbons (Fsp3) is 0. The maximum atomic E-state index is 4.91. The summed E-state index contributed by atoms with van der Waals surface area (Å²) in [6, 6.07) is 41.9. The second-order valence-corrected chi connectivity index (χ2v) is 11.0. The van der Waals surface area contributed by atoms with Crippen molar-refractivity contribution in [3.8, 4) is 0 Å². The summed E-state index contributed by atoms with van der Waals surface area (Å²) in [6.07, 6.45) is 3.69. The Morgan fingerprint density at radius 2 is 0.775 bits per heavy atom. The first kappa shape index (κ1) is 26.3. The summed E-state index contributed by atoms with van der Waals surface area (Å²) >= 11 is 0.194. The molecule has 0 unspecified atom stereocenters. The van der Waals surface area contributed by atoms with Crippen LogP contribution in [0.1, 0.15) is 11.4 Å². The van der Waals surface area contributed by atoms with Gasteiger partial charge in [0.25, 0.3) is 0 Å². The summed E-state index contributed by atoms with van der Waals surface area (Å²) in [6.45, 7) is 0. The van der Waals surface area contributed by atoms with E-state index in [2.05, 4.69) is 109 Å². The Morgan fingerprint density at radius 3 is 1.10 bits per heavy atom. The molecular formula is C34H22Cl2FeN3. The van der Waals surface area contributed by atoms with Crippen LogP contribution in [0.3, 0.4) is 0 Å². The molecule has 0 saturated heterocycles. The van der Waals surface area contributed by atoms with Gasteiger partial charge in [0, 0.05) is 34.0 Å². The third kappa shape index (κ3) is 5.40. The van der Waals surface area contributed by atoms with Crippen molar-refractivity contribution in [1.82, 2.24) is 4.98 Å². The van der Waals surface area contributed by atoms with Crippen LogP contribution in [-0.4, -0.2) is 12.4 Å². The van der Waals surface area contributed by atoms with E-state index in [1.807, 2.05) is 24.6 Å². The monoisotopic (exact) mass is 598 g/mol. The molecule has 7 aromatic rings. The molecule has 0 aliphatic carbocycles. The molecule has 40 heavy (non-hydrogen) atoms. The van der Waals surface area contributed by atoms with Crippen LogP contribution >= 0.6 is 20.2 Å². The van der Waals surface area contributed by atoms with E-state index in [1.165, 1.54) is 21.5 Å². The first-order valence-corrected chi connectivity index (χ1v) is 15.7. The molecule has 0 bridgehead atoms. The molecule has 7 rings (SSSR count). The molecule has 0 amide bonds. The van der Waals surface area contributed by atoms with Gasteiger partial charge in [0.1, 0.15) is 0 Å². The van der Waals surface area contributed by atoms with Crippen molar-refractivity contribution in [2.24, 2.45) is 9.98 Å². The summed E-state index contributed by atoms with van der Waals surface area (Å²) in [5.74, 6) is 0. The number of fused-ring (bicyclic) bond motifs is 4. The molecule has 3 nitrogen and oxygen atoms in total. The van der Waals surface area contributed by atoms with Crippen LogP contribution in [0, 0.1) is 0 Å². The van der Waals surface area contributed by atoms with Gasteiger partial charge in [0.2, 0.25) is 0 Å². The van der Waals surface area contributed by atoms with Crippen LogP contribution in [0.2, 0.25) is 0 Å². The van der Waals surface area contributed by atoms with Crippen LogP contribution in [0.15, 0.2) is 131 Å². The van der Waals surface area contributed by atoms with Gasteiger partial charge in [0.15, 0.2) is 0 Å². The number of aliphatic imine (C=N–C) groups is 2. The van der Waals surface area contributed by atoms with Crippen LogP contribution < -0.4 is 4.98 Å². The average Bonchev–Trinajstić information content (AvgIpc) is 3.45. The van der Waals surface area contributed by atoms with Crippen molar-refractivity contribution in [1.29, 1.82) is 0 Å². The molecule has 1 aromatic heterocycles. The zero-order valence-electron chi connectivity index (χ0n) is 21.2. The number of nitrogens with zero attached hydrogens (tertiary/aromatic N) is 3. The summed E-state index contributed by atoms with van der Waals surface area (Å²) in [4.78, 5) is 14.6. The van der Waals surface area contributed by atoms with Gasteiger partial charge < -0.3 is 4.98 Å². The first-order valence-electron chi connectivity index (χ1n) is 12.6. The molecule has 0 radical (unpaired) electrons. The van der Waals surface area contributed by atoms with Gasteiger partial charge in [-0.2, -0.15) is 0 Å². The van der Waals surface area contributed by atoms with Crippen LogP contribution in [0.4, 0.5) is 11.4 Å². The number of rotatable bonds is 4. The second kappa shape index (κ2) is 12.1. The minimum absolute atomic E-state index is 0.194. The Morgan fingerprint density at radius 1 is 0.475 bits per heavy atom. The van der Waals surface area contributed by atoms with Gasteiger partial charge in [-0.1, -0.05) is 109 Å². The molecule has 0 N–H and O–H groups in total. The van der Waals surface area contributed by atoms with Gasteiger partial charge in [0.05, 0.1) is 11.4 Å². The summed E-state index contributed by atoms with van der Waals surface area (Å²) < 4.78 is 0. The van der Waals surface area contributed by atoms with Gasteiger partial charge in [-0.3, -0.25) is 9.98 Å². The Balaban J connectivity index is 0.000000925. The third-order valence-electron chi connectivity index (χ3n) is 6.82. The SMILES string of the molecule is C(=Nc1c2ccccc2cc2ccccc12)c1ccc(C=Nc2c3ccccc3cc3ccccc23)[n-]1.[Cl][Fe+][Cl]. The Bertz CT molecular complexity index is 1780. The fourth-order valence-electron chi connectivity index (χ4n) is 5.06. The normalized spacial score (nSPS) is 11.7. The van der Waals surface area contributed by atoms with E-state index in [4.69, 9.17) is 35.2 Å². The Kier molecular flexibility index (Phi) is 7.94. The molecule has 1 heterocycles. The zero-order valence-corrected chi connectivity index (χ0v) is 23.8. The molecule has 0 aliphatic rings. The first-order chi connectivity index (χ1) is 19.7. The van der Waals surface area contributed by atoms with E-state index >= 15 is 0 Å². The minimum atomic E-state index is 0.194. The van der Waals surface area contributed by atoms with Crippen molar-refractivity contribution in [3.05, 3.63) is 133 Å². The van der Waals surface area contributed by atoms with Crippen molar-refractivity contribution < 1.29 is 13.1 Å². The van der Waals surface area contributed by atoms with Gasteiger partial charge >= 0.3 is 33.3 Å². The van der Waals surface area contributed by atoms with Crippen LogP contribution in [0.25, 0.3) is 43.1 Å². The number of hydrogen-bond donors (Lipinski definition) is 0. The van der Waals surface area contributed by atoms with Crippen molar-refractivity contribution in [3.63, 3.8) is 0 Å². The van der Waals surface area contributed by atoms with E-state index in [9.17, 15) is 0 Å². The molecule has 6 heteroatoms. The molecular weight excluding hydrogens is 577 g/mol. The molecule has 0 atom stereocenters. The van der Waals surface area contributed by atoms with E-state index in [0.717, 1.165) is 44.3 Å². The predicted octanol–water partition coefficient (Wildman–Crippen LogP) is 10.1. The van der Waals surface area contributed by atoms with Gasteiger partial charge in [-0.25, -0.2) is 0 Å². The summed E-state index contributed by atoms with van der Waals surface area (Å²) in [5.41, 5.74) is 3.55. The van der Waals surface area contributed by atoms with Crippen LogP contribution in [-0.2, 0) is 13.1 Å². The quantitative estimate of drug-likeness (QED) is 0.113. The van der Waals surface area contributed by atoms with E-state index in [1.54, 1.807) is 0 Å². The average molecular weight is 599 g/mol. The van der Waals surface area contributed by atoms with Crippen molar-refractivity contribution >= 4 is 87.1 Å². The number of aromatic nitrogens is 1. The van der Waals surface area contributed by atoms with Gasteiger partial charge in [-0.15, -0.1) is 11.4 Å². The Labute approximate surface area is 246 Å². The third-order valence-corrected chi connectivity index (χ3v) is 6.82. The van der Waals surface area contributed by atoms with E-state index < -0.39 is 0 Å². The standard InChI is InChI=1S/C34H22N3.2ClH.Fe/c1-5-13-29-23(9-1)19-24-10-2-6-14-30(24)33(29)35-21-27-17-18-28(37-27)22-36-34-31-15-7-3-11-25(31)20-26-12-4-8-16-32(26)34;;;/h1-22H;2*1H;/q-1;;;+3/p-2. The molecule has 0 saturated carbocycles. The maximum absolute atomic E-state index is 4.91. The van der Waals surface area contributed by atoms with Gasteiger partial charge in [-0.05, 0) is 33.7 Å². The fourth-order valence-corrected chi connectivity index (χ4v) is 5.06. The van der Waals surface area contributed by atoms with Crippen molar-refractivity contribution in [2.45, 2.75) is 0 Å². The number of hydrogen-bond acceptors (Lipinski definition) is 2. The van der Waals surface area contributed by atoms with Crippen molar-refractivity contribution in [2.75, 3.05) is 0 Å². The topological polar surface area (TPSA) is 38.8 Å².